The summed E-state index contributed by atoms with van der Waals surface area (Å²) in [6.45, 7) is 8.39. The van der Waals surface area contributed by atoms with Gasteiger partial charge in [-0.3, -0.25) is 0 Å². The first-order valence-corrected chi connectivity index (χ1v) is 13.1. The molecule has 0 N–H and O–H groups in total. The molecule has 0 radical (unpaired) electrons. The molecule has 0 aromatic heterocycles. The summed E-state index contributed by atoms with van der Waals surface area (Å²) < 4.78 is 95.7. The van der Waals surface area contributed by atoms with Gasteiger partial charge in [0, 0.05) is 18.6 Å². The fourth-order valence-corrected chi connectivity index (χ4v) is 4.82. The lowest BCUT2D eigenvalue weighted by Gasteiger charge is -2.35. The minimum Gasteiger partial charge on any atom is -0.463 e. The molecule has 41 heavy (non-hydrogen) atoms. The van der Waals surface area contributed by atoms with Crippen LogP contribution in [0.3, 0.4) is 0 Å². The summed E-state index contributed by atoms with van der Waals surface area (Å²) in [5.41, 5.74) is -0.671. The zero-order valence-electron chi connectivity index (χ0n) is 24.0. The van der Waals surface area contributed by atoms with Gasteiger partial charge < -0.3 is 14.2 Å². The van der Waals surface area contributed by atoms with Gasteiger partial charge in [-0.1, -0.05) is 56.3 Å². The fourth-order valence-electron chi connectivity index (χ4n) is 4.82. The van der Waals surface area contributed by atoms with Gasteiger partial charge in [0.05, 0.1) is 6.61 Å². The molecule has 2 aromatic rings. The zero-order valence-corrected chi connectivity index (χ0v) is 24.0. The second-order valence-corrected chi connectivity index (χ2v) is 9.63. The van der Waals surface area contributed by atoms with E-state index in [1.807, 2.05) is 39.0 Å². The summed E-state index contributed by atoms with van der Waals surface area (Å²) in [5, 5.41) is 0. The van der Waals surface area contributed by atoms with Crippen LogP contribution in [0.2, 0.25) is 0 Å². The number of aryl methyl sites for hydroxylation is 2. The molecule has 10 heteroatoms. The first-order chi connectivity index (χ1) is 19.1. The average Bonchev–Trinajstić information content (AvgIpc) is 2.89. The molecular weight excluding hydrogens is 550 g/mol. The Labute approximate surface area is 237 Å². The number of ether oxygens (including phenoxy) is 3. The third-order valence-corrected chi connectivity index (χ3v) is 7.28. The summed E-state index contributed by atoms with van der Waals surface area (Å²) in [6, 6.07) is 10.9. The topological polar surface area (TPSA) is 44.8 Å². The molecule has 0 saturated heterocycles. The number of rotatable bonds is 12. The number of methoxy groups -OCH3 is 1. The highest BCUT2D eigenvalue weighted by Crippen LogP contribution is 2.47. The van der Waals surface area contributed by atoms with E-state index in [1.165, 1.54) is 12.1 Å². The van der Waals surface area contributed by atoms with Crippen molar-refractivity contribution in [2.24, 2.45) is 0 Å². The van der Waals surface area contributed by atoms with Crippen molar-refractivity contribution in [1.82, 2.24) is 0 Å². The number of esters is 1. The number of carbonyl (C=O) groups excluding carboxylic acids is 1. The van der Waals surface area contributed by atoms with Gasteiger partial charge in [-0.15, -0.1) is 0 Å². The molecule has 4 nitrogen and oxygen atoms in total. The van der Waals surface area contributed by atoms with Gasteiger partial charge in [0.1, 0.15) is 6.79 Å². The lowest BCUT2D eigenvalue weighted by molar-refractivity contribution is -0.372. The predicted molar refractivity (Wildman–Crippen MR) is 146 cm³/mol. The SMILES string of the molecule is CCOC(=O)C=Cc1ccc(C(CC)(CC)c2ccc(C=CC(OCOC)(C(F)(F)F)C(F)(F)F)c(C)c2)cc1C. The van der Waals surface area contributed by atoms with E-state index in [0.717, 1.165) is 35.4 Å². The van der Waals surface area contributed by atoms with Crippen LogP contribution in [0, 0.1) is 13.8 Å². The Kier molecular flexibility index (Phi) is 11.4. The van der Waals surface area contributed by atoms with Crippen LogP contribution in [-0.2, 0) is 24.4 Å². The molecule has 0 heterocycles. The van der Waals surface area contributed by atoms with Crippen LogP contribution in [0.5, 0.6) is 0 Å². The van der Waals surface area contributed by atoms with Gasteiger partial charge in [-0.05, 0) is 79.1 Å². The van der Waals surface area contributed by atoms with Crippen LogP contribution in [0.15, 0.2) is 48.6 Å². The van der Waals surface area contributed by atoms with Gasteiger partial charge >= 0.3 is 18.3 Å². The highest BCUT2D eigenvalue weighted by molar-refractivity contribution is 5.87. The molecule has 0 aliphatic heterocycles. The molecule has 0 aliphatic carbocycles. The summed E-state index contributed by atoms with van der Waals surface area (Å²) in [7, 11) is 0.938. The van der Waals surface area contributed by atoms with Crippen LogP contribution < -0.4 is 0 Å². The molecule has 0 bridgehead atoms. The van der Waals surface area contributed by atoms with Crippen molar-refractivity contribution in [2.75, 3.05) is 20.5 Å². The van der Waals surface area contributed by atoms with Crippen molar-refractivity contribution < 1.29 is 45.3 Å². The van der Waals surface area contributed by atoms with E-state index in [9.17, 15) is 31.1 Å². The Morgan fingerprint density at radius 3 is 1.68 bits per heavy atom. The van der Waals surface area contributed by atoms with Crippen LogP contribution in [0.25, 0.3) is 12.2 Å². The number of halogens is 6. The van der Waals surface area contributed by atoms with Crippen LogP contribution in [0.1, 0.15) is 67.0 Å². The smallest absolute Gasteiger partial charge is 0.430 e. The monoisotopic (exact) mass is 586 g/mol. The predicted octanol–water partition coefficient (Wildman–Crippen LogP) is 8.48. The second kappa shape index (κ2) is 13.7. The van der Waals surface area contributed by atoms with E-state index in [-0.39, 0.29) is 18.2 Å². The summed E-state index contributed by atoms with van der Waals surface area (Å²) in [6.07, 6.45) is -6.36. The molecular formula is C31H36F6O4. The van der Waals surface area contributed by atoms with Crippen molar-refractivity contribution in [2.45, 2.75) is 70.8 Å². The highest BCUT2D eigenvalue weighted by atomic mass is 19.4. The summed E-state index contributed by atoms with van der Waals surface area (Å²) >= 11 is 0. The third-order valence-electron chi connectivity index (χ3n) is 7.28. The van der Waals surface area contributed by atoms with E-state index < -0.39 is 36.1 Å². The lowest BCUT2D eigenvalue weighted by atomic mass is 9.69. The van der Waals surface area contributed by atoms with Crippen LogP contribution in [0.4, 0.5) is 26.3 Å². The van der Waals surface area contributed by atoms with E-state index in [2.05, 4.69) is 9.47 Å². The van der Waals surface area contributed by atoms with Crippen LogP contribution >= 0.6 is 0 Å². The standard InChI is InChI=1S/C31H36F6O4/c1-7-28(8-2,25-13-10-23(21(4)18-25)12-15-27(38)40-9-3)26-14-11-24(22(5)19-26)16-17-29(30(32,33)34,31(35,36)37)41-20-39-6/h10-19H,7-9,20H2,1-6H3. The van der Waals surface area contributed by atoms with Crippen molar-refractivity contribution >= 4 is 18.1 Å². The molecule has 2 rings (SSSR count). The first kappa shape index (κ1) is 34.1. The van der Waals surface area contributed by atoms with Crippen molar-refractivity contribution in [3.05, 3.63) is 81.9 Å². The molecule has 0 unspecified atom stereocenters. The molecule has 0 aliphatic rings. The minimum atomic E-state index is -5.77. The summed E-state index contributed by atoms with van der Waals surface area (Å²) in [5.74, 6) is -0.440. The van der Waals surface area contributed by atoms with E-state index >= 15 is 0 Å². The van der Waals surface area contributed by atoms with E-state index in [4.69, 9.17) is 4.74 Å². The molecule has 2 aromatic carbocycles. The average molecular weight is 587 g/mol. The molecule has 0 spiro atoms. The van der Waals surface area contributed by atoms with Crippen molar-refractivity contribution in [3.8, 4) is 0 Å². The van der Waals surface area contributed by atoms with E-state index in [0.29, 0.717) is 18.4 Å². The minimum absolute atomic E-state index is 0.00713. The maximum absolute atomic E-state index is 13.7. The van der Waals surface area contributed by atoms with Crippen LogP contribution in [-0.4, -0.2) is 44.4 Å². The molecule has 226 valence electrons. The van der Waals surface area contributed by atoms with Gasteiger partial charge in [0.25, 0.3) is 5.60 Å². The maximum atomic E-state index is 13.7. The molecule has 0 saturated carbocycles. The third kappa shape index (κ3) is 7.40. The van der Waals surface area contributed by atoms with E-state index in [1.54, 1.807) is 32.1 Å². The Morgan fingerprint density at radius 1 is 0.805 bits per heavy atom. The van der Waals surface area contributed by atoms with Gasteiger partial charge in [-0.25, -0.2) is 4.79 Å². The van der Waals surface area contributed by atoms with Crippen molar-refractivity contribution in [1.29, 1.82) is 0 Å². The van der Waals surface area contributed by atoms with Gasteiger partial charge in [0.15, 0.2) is 0 Å². The highest BCUT2D eigenvalue weighted by Gasteiger charge is 2.71. The maximum Gasteiger partial charge on any atom is 0.430 e. The van der Waals surface area contributed by atoms with Gasteiger partial charge in [-0.2, -0.15) is 26.3 Å². The number of hydrogen-bond acceptors (Lipinski definition) is 4. The number of benzene rings is 2. The Bertz CT molecular complexity index is 1230. The number of alkyl halides is 6. The molecule has 0 fully saturated rings. The normalized spacial score (nSPS) is 13.4. The number of carbonyl (C=O) groups is 1. The molecule has 0 amide bonds. The largest absolute Gasteiger partial charge is 0.463 e. The zero-order chi connectivity index (χ0) is 31.1. The Balaban J connectivity index is 2.53. The number of hydrogen-bond donors (Lipinski definition) is 0. The summed E-state index contributed by atoms with van der Waals surface area (Å²) in [4.78, 5) is 11.7. The second-order valence-electron chi connectivity index (χ2n) is 9.63. The Morgan fingerprint density at radius 2 is 1.29 bits per heavy atom. The molecule has 0 atom stereocenters. The Hall–Kier alpha value is -3.11. The van der Waals surface area contributed by atoms with Gasteiger partial charge in [0.2, 0.25) is 0 Å². The quantitative estimate of drug-likeness (QED) is 0.108. The first-order valence-electron chi connectivity index (χ1n) is 13.1. The lowest BCUT2D eigenvalue weighted by Crippen LogP contribution is -2.57. The van der Waals surface area contributed by atoms with Crippen molar-refractivity contribution in [3.63, 3.8) is 0 Å². The fraction of sp³-hybridized carbons (Fsp3) is 0.452.